The molecule has 0 aromatic carbocycles. The largest absolute Gasteiger partial charge is 0.391 e. The fraction of sp³-hybridized carbons (Fsp3) is 0.815. The lowest BCUT2D eigenvalue weighted by Gasteiger charge is -2.29. The molecular weight excluding hydrogens is 492 g/mol. The highest BCUT2D eigenvalue weighted by atomic mass is 16.5. The Labute approximate surface area is 226 Å². The van der Waals surface area contributed by atoms with Crippen molar-refractivity contribution in [2.45, 2.75) is 105 Å². The molecule has 218 valence electrons. The van der Waals surface area contributed by atoms with Crippen molar-refractivity contribution in [2.75, 3.05) is 26.2 Å². The number of carbonyl (C=O) groups is 5. The Hall–Kier alpha value is -2.53. The van der Waals surface area contributed by atoms with E-state index in [9.17, 15) is 29.1 Å². The minimum atomic E-state index is -0.809. The zero-order chi connectivity index (χ0) is 29.3. The van der Waals surface area contributed by atoms with Crippen LogP contribution in [0.4, 0.5) is 0 Å². The van der Waals surface area contributed by atoms with Gasteiger partial charge in [-0.3, -0.25) is 24.0 Å². The second kappa shape index (κ2) is 14.6. The number of amides is 4. The number of ether oxygens (including phenoxy) is 1. The number of Topliss-reactive ketones (excluding diaryl/α,β-unsaturated/α-hetero) is 1. The third-order valence-electron chi connectivity index (χ3n) is 6.89. The van der Waals surface area contributed by atoms with Gasteiger partial charge in [0.15, 0.2) is 0 Å². The van der Waals surface area contributed by atoms with E-state index in [-0.39, 0.29) is 43.2 Å². The number of likely N-dealkylation sites (tertiary alicyclic amines) is 1. The standard InChI is InChI=1S/C27H48N4O7/c1-17(2)21(33)14-27(7,8)38-13-11-26(5,6)25(37)29-16-23(35)31-12-9-10-20(31)24(36)28-15-22(34)30-18(3)19(4)32/h17-20,32H,9-16H2,1-8H3,(H,28,36)(H,29,37)(H,30,34)/t18?,19?,20-/m0/s1. The minimum Gasteiger partial charge on any atom is -0.391 e. The van der Waals surface area contributed by atoms with Crippen LogP contribution in [0, 0.1) is 11.3 Å². The molecule has 0 saturated carbocycles. The summed E-state index contributed by atoms with van der Waals surface area (Å²) in [6, 6.07) is -1.16. The molecule has 0 aromatic rings. The lowest BCUT2D eigenvalue weighted by atomic mass is 9.88. The predicted molar refractivity (Wildman–Crippen MR) is 143 cm³/mol. The van der Waals surface area contributed by atoms with Crippen molar-refractivity contribution in [3.05, 3.63) is 0 Å². The number of carbonyl (C=O) groups excluding carboxylic acids is 5. The van der Waals surface area contributed by atoms with Gasteiger partial charge in [0.05, 0.1) is 30.8 Å². The molecule has 0 bridgehead atoms. The maximum absolute atomic E-state index is 12.8. The average Bonchev–Trinajstić information content (AvgIpc) is 3.30. The second-order valence-corrected chi connectivity index (χ2v) is 11.8. The zero-order valence-electron chi connectivity index (χ0n) is 24.3. The predicted octanol–water partition coefficient (Wildman–Crippen LogP) is 0.922. The van der Waals surface area contributed by atoms with Crippen LogP contribution < -0.4 is 16.0 Å². The fourth-order valence-corrected chi connectivity index (χ4v) is 3.92. The van der Waals surface area contributed by atoms with E-state index in [4.69, 9.17) is 4.74 Å². The Kier molecular flexibility index (Phi) is 12.8. The highest BCUT2D eigenvalue weighted by Gasteiger charge is 2.35. The molecule has 38 heavy (non-hydrogen) atoms. The van der Waals surface area contributed by atoms with Gasteiger partial charge in [-0.05, 0) is 47.0 Å². The normalized spacial score (nSPS) is 17.6. The molecule has 1 fully saturated rings. The first-order chi connectivity index (χ1) is 17.5. The van der Waals surface area contributed by atoms with Gasteiger partial charge in [-0.25, -0.2) is 0 Å². The SMILES string of the molecule is CC(C)C(=O)CC(C)(C)OCCC(C)(C)C(=O)NCC(=O)N1CCC[C@H]1C(=O)NCC(=O)NC(C)C(C)O. The van der Waals surface area contributed by atoms with Gasteiger partial charge < -0.3 is 30.7 Å². The van der Waals surface area contributed by atoms with Crippen molar-refractivity contribution in [1.82, 2.24) is 20.9 Å². The first kappa shape index (κ1) is 33.5. The van der Waals surface area contributed by atoms with Crippen molar-refractivity contribution in [1.29, 1.82) is 0 Å². The number of hydrogen-bond donors (Lipinski definition) is 4. The van der Waals surface area contributed by atoms with Crippen molar-refractivity contribution < 1.29 is 33.8 Å². The van der Waals surface area contributed by atoms with Crippen LogP contribution in [0.1, 0.15) is 81.1 Å². The number of aliphatic hydroxyl groups is 1. The number of nitrogens with zero attached hydrogens (tertiary/aromatic N) is 1. The summed E-state index contributed by atoms with van der Waals surface area (Å²) < 4.78 is 5.89. The fourth-order valence-electron chi connectivity index (χ4n) is 3.92. The van der Waals surface area contributed by atoms with Crippen molar-refractivity contribution >= 4 is 29.4 Å². The van der Waals surface area contributed by atoms with Gasteiger partial charge in [0, 0.05) is 30.9 Å². The molecule has 11 heteroatoms. The molecule has 0 spiro atoms. The van der Waals surface area contributed by atoms with Gasteiger partial charge in [0.2, 0.25) is 23.6 Å². The maximum atomic E-state index is 12.8. The summed E-state index contributed by atoms with van der Waals surface area (Å²) in [5.74, 6) is -1.50. The quantitative estimate of drug-likeness (QED) is 0.241. The van der Waals surface area contributed by atoms with Crippen LogP contribution in [-0.2, 0) is 28.7 Å². The molecule has 3 atom stereocenters. The van der Waals surface area contributed by atoms with Gasteiger partial charge in [-0.1, -0.05) is 27.7 Å². The van der Waals surface area contributed by atoms with Crippen LogP contribution in [0.25, 0.3) is 0 Å². The molecular formula is C27H48N4O7. The molecule has 1 saturated heterocycles. The Morgan fingerprint density at radius 3 is 2.21 bits per heavy atom. The highest BCUT2D eigenvalue weighted by molar-refractivity contribution is 5.93. The Bertz CT molecular complexity index is 854. The molecule has 1 aliphatic heterocycles. The third kappa shape index (κ3) is 11.1. The maximum Gasteiger partial charge on any atom is 0.243 e. The van der Waals surface area contributed by atoms with Crippen LogP contribution in [0.2, 0.25) is 0 Å². The van der Waals surface area contributed by atoms with Crippen LogP contribution in [0.15, 0.2) is 0 Å². The highest BCUT2D eigenvalue weighted by Crippen LogP contribution is 2.24. The molecule has 0 aliphatic carbocycles. The van der Waals surface area contributed by atoms with E-state index in [1.165, 1.54) is 4.90 Å². The average molecular weight is 541 g/mol. The molecule has 4 amide bonds. The minimum absolute atomic E-state index is 0.0667. The molecule has 0 radical (unpaired) electrons. The number of aliphatic hydroxyl groups excluding tert-OH is 1. The Balaban J connectivity index is 2.53. The van der Waals surface area contributed by atoms with Crippen LogP contribution in [0.5, 0.6) is 0 Å². The molecule has 1 rings (SSSR count). The van der Waals surface area contributed by atoms with E-state index >= 15 is 0 Å². The first-order valence-corrected chi connectivity index (χ1v) is 13.5. The number of ketones is 1. The van der Waals surface area contributed by atoms with Gasteiger partial charge >= 0.3 is 0 Å². The lowest BCUT2D eigenvalue weighted by Crippen LogP contribution is -2.52. The van der Waals surface area contributed by atoms with E-state index in [1.54, 1.807) is 27.7 Å². The molecule has 0 aromatic heterocycles. The molecule has 4 N–H and O–H groups in total. The van der Waals surface area contributed by atoms with E-state index in [1.807, 2.05) is 27.7 Å². The Morgan fingerprint density at radius 2 is 1.63 bits per heavy atom. The first-order valence-electron chi connectivity index (χ1n) is 13.5. The van der Waals surface area contributed by atoms with Gasteiger partial charge in [-0.2, -0.15) is 0 Å². The van der Waals surface area contributed by atoms with Crippen molar-refractivity contribution in [3.8, 4) is 0 Å². The van der Waals surface area contributed by atoms with E-state index < -0.39 is 41.0 Å². The van der Waals surface area contributed by atoms with Crippen molar-refractivity contribution in [2.24, 2.45) is 11.3 Å². The van der Waals surface area contributed by atoms with Gasteiger partial charge in [0.25, 0.3) is 0 Å². The van der Waals surface area contributed by atoms with E-state index in [0.717, 1.165) is 0 Å². The lowest BCUT2D eigenvalue weighted by molar-refractivity contribution is -0.140. The number of hydrogen-bond acceptors (Lipinski definition) is 7. The van der Waals surface area contributed by atoms with E-state index in [0.29, 0.717) is 32.2 Å². The third-order valence-corrected chi connectivity index (χ3v) is 6.89. The molecule has 1 aliphatic rings. The van der Waals surface area contributed by atoms with Crippen molar-refractivity contribution in [3.63, 3.8) is 0 Å². The monoisotopic (exact) mass is 540 g/mol. The summed E-state index contributed by atoms with van der Waals surface area (Å²) in [5, 5.41) is 17.3. The topological polar surface area (TPSA) is 154 Å². The van der Waals surface area contributed by atoms with Gasteiger partial charge in [-0.15, -0.1) is 0 Å². The Morgan fingerprint density at radius 1 is 1.00 bits per heavy atom. The summed E-state index contributed by atoms with van der Waals surface area (Å²) >= 11 is 0. The van der Waals surface area contributed by atoms with Crippen LogP contribution in [-0.4, -0.2) is 89.4 Å². The van der Waals surface area contributed by atoms with Crippen LogP contribution >= 0.6 is 0 Å². The van der Waals surface area contributed by atoms with Crippen LogP contribution in [0.3, 0.4) is 0 Å². The summed E-state index contributed by atoms with van der Waals surface area (Å²) in [7, 11) is 0. The summed E-state index contributed by atoms with van der Waals surface area (Å²) in [6.07, 6.45) is 1.08. The zero-order valence-corrected chi connectivity index (χ0v) is 24.3. The second-order valence-electron chi connectivity index (χ2n) is 11.8. The van der Waals surface area contributed by atoms with E-state index in [2.05, 4.69) is 16.0 Å². The molecule has 11 nitrogen and oxygen atoms in total. The van der Waals surface area contributed by atoms with Gasteiger partial charge in [0.1, 0.15) is 11.8 Å². The molecule has 1 heterocycles. The number of rotatable bonds is 15. The summed E-state index contributed by atoms with van der Waals surface area (Å²) in [6.45, 7) is 14.3. The smallest absolute Gasteiger partial charge is 0.243 e. The summed E-state index contributed by atoms with van der Waals surface area (Å²) in [4.78, 5) is 63.7. The summed E-state index contributed by atoms with van der Waals surface area (Å²) in [5.41, 5.74) is -1.44. The number of nitrogens with one attached hydrogen (secondary N) is 3. The molecule has 2 unspecified atom stereocenters.